The number of ether oxygens (including phenoxy) is 1. The zero-order chi connectivity index (χ0) is 21.8. The number of carbonyl (C=O) groups is 1. The van der Waals surface area contributed by atoms with Crippen LogP contribution in [-0.4, -0.2) is 18.0 Å². The molecular formula is C21H14F3N3O2S2. The summed E-state index contributed by atoms with van der Waals surface area (Å²) in [4.78, 5) is 18.2. The van der Waals surface area contributed by atoms with Crippen LogP contribution in [0.5, 0.6) is 5.75 Å². The second kappa shape index (κ2) is 7.24. The standard InChI is InChI=1S/C21H14F3N3O2S2/c1-29-11-6-4-10(5-7-11)18-26-16-15-12(21(22,23)24)9-13(14-3-2-8-30-14)25-20(15)31-17(16)19(28)27-18/h2-9,18,26H,1H3,(H,27,28). The number of rotatable bonds is 3. The number of aromatic nitrogens is 1. The molecule has 4 heterocycles. The number of thiophene rings is 2. The molecule has 0 fully saturated rings. The number of benzene rings is 1. The fraction of sp³-hybridized carbons (Fsp3) is 0.143. The summed E-state index contributed by atoms with van der Waals surface area (Å²) < 4.78 is 47.2. The molecule has 158 valence electrons. The number of nitrogens with one attached hydrogen (secondary N) is 2. The summed E-state index contributed by atoms with van der Waals surface area (Å²) in [5, 5.41) is 7.57. The third kappa shape index (κ3) is 3.41. The van der Waals surface area contributed by atoms with Crippen molar-refractivity contribution in [1.82, 2.24) is 10.3 Å². The van der Waals surface area contributed by atoms with Gasteiger partial charge in [-0.15, -0.1) is 22.7 Å². The van der Waals surface area contributed by atoms with E-state index in [2.05, 4.69) is 15.6 Å². The van der Waals surface area contributed by atoms with Gasteiger partial charge in [0.05, 0.1) is 28.9 Å². The SMILES string of the molecule is COc1ccc(C2NC(=O)c3sc4nc(-c5cccs5)cc(C(F)(F)F)c4c3N2)cc1. The van der Waals surface area contributed by atoms with Crippen LogP contribution in [0.2, 0.25) is 0 Å². The fourth-order valence-corrected chi connectivity index (χ4v) is 5.26. The normalized spacial score (nSPS) is 16.0. The van der Waals surface area contributed by atoms with Crippen LogP contribution in [0.25, 0.3) is 20.8 Å². The lowest BCUT2D eigenvalue weighted by Gasteiger charge is -2.27. The van der Waals surface area contributed by atoms with Crippen LogP contribution in [0, 0.1) is 0 Å². The van der Waals surface area contributed by atoms with E-state index < -0.39 is 23.8 Å². The van der Waals surface area contributed by atoms with Gasteiger partial charge in [-0.3, -0.25) is 4.79 Å². The van der Waals surface area contributed by atoms with E-state index in [1.165, 1.54) is 18.4 Å². The quantitative estimate of drug-likeness (QED) is 0.398. The third-order valence-electron chi connectivity index (χ3n) is 4.96. The van der Waals surface area contributed by atoms with E-state index in [0.717, 1.165) is 17.4 Å². The lowest BCUT2D eigenvalue weighted by atomic mass is 10.1. The summed E-state index contributed by atoms with van der Waals surface area (Å²) in [5.74, 6) is 0.195. The molecule has 0 saturated heterocycles. The molecule has 0 aliphatic carbocycles. The van der Waals surface area contributed by atoms with Gasteiger partial charge in [-0.25, -0.2) is 4.98 Å². The first-order valence-corrected chi connectivity index (χ1v) is 10.8. The predicted octanol–water partition coefficient (Wildman–Crippen LogP) is 5.91. The Morgan fingerprint density at radius 2 is 1.90 bits per heavy atom. The van der Waals surface area contributed by atoms with Gasteiger partial charge in [0, 0.05) is 5.39 Å². The molecule has 1 aliphatic rings. The zero-order valence-electron chi connectivity index (χ0n) is 15.9. The maximum atomic E-state index is 14.0. The lowest BCUT2D eigenvalue weighted by Crippen LogP contribution is -2.37. The third-order valence-corrected chi connectivity index (χ3v) is 6.94. The molecular weight excluding hydrogens is 447 g/mol. The number of carbonyl (C=O) groups excluding carboxylic acids is 1. The van der Waals surface area contributed by atoms with Crippen molar-refractivity contribution in [1.29, 1.82) is 0 Å². The number of nitrogens with zero attached hydrogens (tertiary/aromatic N) is 1. The number of amides is 1. The number of fused-ring (bicyclic) bond motifs is 3. The molecule has 5 rings (SSSR count). The van der Waals surface area contributed by atoms with Crippen molar-refractivity contribution in [2.24, 2.45) is 0 Å². The maximum Gasteiger partial charge on any atom is 0.417 e. The monoisotopic (exact) mass is 461 g/mol. The van der Waals surface area contributed by atoms with Gasteiger partial charge < -0.3 is 15.4 Å². The number of hydrogen-bond donors (Lipinski definition) is 2. The summed E-state index contributed by atoms with van der Waals surface area (Å²) in [5.41, 5.74) is 0.271. The Kier molecular flexibility index (Phi) is 4.63. The number of hydrogen-bond acceptors (Lipinski definition) is 6. The van der Waals surface area contributed by atoms with Crippen LogP contribution in [0.15, 0.2) is 47.8 Å². The fourth-order valence-electron chi connectivity index (χ4n) is 3.51. The van der Waals surface area contributed by atoms with Gasteiger partial charge in [0.2, 0.25) is 0 Å². The number of anilines is 1. The summed E-state index contributed by atoms with van der Waals surface area (Å²) >= 11 is 2.26. The highest BCUT2D eigenvalue weighted by atomic mass is 32.1. The molecule has 0 bridgehead atoms. The largest absolute Gasteiger partial charge is 0.497 e. The molecule has 1 unspecified atom stereocenters. The molecule has 10 heteroatoms. The molecule has 31 heavy (non-hydrogen) atoms. The van der Waals surface area contributed by atoms with Crippen LogP contribution in [0.3, 0.4) is 0 Å². The summed E-state index contributed by atoms with van der Waals surface area (Å²) in [6, 6.07) is 11.5. The Labute approximate surface area is 182 Å². The Morgan fingerprint density at radius 1 is 1.13 bits per heavy atom. The van der Waals surface area contributed by atoms with Crippen molar-refractivity contribution in [3.05, 3.63) is 63.8 Å². The molecule has 1 atom stereocenters. The minimum absolute atomic E-state index is 0.0823. The molecule has 0 spiro atoms. The average Bonchev–Trinajstić information content (AvgIpc) is 3.41. The first kappa shape index (κ1) is 19.8. The topological polar surface area (TPSA) is 63.2 Å². The number of halogens is 3. The van der Waals surface area contributed by atoms with Gasteiger partial charge in [0.25, 0.3) is 5.91 Å². The van der Waals surface area contributed by atoms with Crippen molar-refractivity contribution in [3.8, 4) is 16.3 Å². The van der Waals surface area contributed by atoms with Gasteiger partial charge in [-0.1, -0.05) is 18.2 Å². The van der Waals surface area contributed by atoms with Gasteiger partial charge >= 0.3 is 6.18 Å². The van der Waals surface area contributed by atoms with E-state index in [9.17, 15) is 18.0 Å². The Bertz CT molecular complexity index is 1280. The number of pyridine rings is 1. The molecule has 3 aromatic heterocycles. The van der Waals surface area contributed by atoms with E-state index in [0.29, 0.717) is 16.2 Å². The minimum Gasteiger partial charge on any atom is -0.497 e. The van der Waals surface area contributed by atoms with Gasteiger partial charge in [0.15, 0.2) is 0 Å². The van der Waals surface area contributed by atoms with E-state index in [1.54, 1.807) is 41.8 Å². The zero-order valence-corrected chi connectivity index (χ0v) is 17.5. The highest BCUT2D eigenvalue weighted by Crippen LogP contribution is 2.46. The molecule has 4 aromatic rings. The first-order chi connectivity index (χ1) is 14.8. The van der Waals surface area contributed by atoms with Crippen LogP contribution in [-0.2, 0) is 6.18 Å². The second-order valence-corrected chi connectivity index (χ2v) is 8.79. The van der Waals surface area contributed by atoms with Crippen LogP contribution < -0.4 is 15.4 Å². The van der Waals surface area contributed by atoms with Crippen LogP contribution >= 0.6 is 22.7 Å². The highest BCUT2D eigenvalue weighted by Gasteiger charge is 2.38. The number of methoxy groups -OCH3 is 1. The molecule has 2 N–H and O–H groups in total. The minimum atomic E-state index is -4.60. The predicted molar refractivity (Wildman–Crippen MR) is 115 cm³/mol. The van der Waals surface area contributed by atoms with Crippen LogP contribution in [0.4, 0.5) is 18.9 Å². The maximum absolute atomic E-state index is 14.0. The molecule has 1 aromatic carbocycles. The Morgan fingerprint density at radius 3 is 2.55 bits per heavy atom. The van der Waals surface area contributed by atoms with Gasteiger partial charge in [-0.2, -0.15) is 13.2 Å². The lowest BCUT2D eigenvalue weighted by molar-refractivity contribution is -0.136. The molecule has 0 saturated carbocycles. The van der Waals surface area contributed by atoms with Crippen molar-refractivity contribution in [3.63, 3.8) is 0 Å². The molecule has 5 nitrogen and oxygen atoms in total. The molecule has 1 amide bonds. The summed E-state index contributed by atoms with van der Waals surface area (Å²) in [6.07, 6.45) is -5.28. The Hall–Kier alpha value is -3.11. The molecule has 0 radical (unpaired) electrons. The number of alkyl halides is 3. The van der Waals surface area contributed by atoms with E-state index in [-0.39, 0.29) is 26.5 Å². The van der Waals surface area contributed by atoms with Gasteiger partial charge in [0.1, 0.15) is 21.6 Å². The first-order valence-electron chi connectivity index (χ1n) is 9.15. The van der Waals surface area contributed by atoms with E-state index in [1.807, 2.05) is 0 Å². The van der Waals surface area contributed by atoms with E-state index >= 15 is 0 Å². The van der Waals surface area contributed by atoms with Crippen LogP contribution in [0.1, 0.15) is 27.0 Å². The summed E-state index contributed by atoms with van der Waals surface area (Å²) in [7, 11) is 1.54. The van der Waals surface area contributed by atoms with Crippen molar-refractivity contribution in [2.75, 3.05) is 12.4 Å². The van der Waals surface area contributed by atoms with E-state index in [4.69, 9.17) is 4.74 Å². The Balaban J connectivity index is 1.66. The van der Waals surface area contributed by atoms with Crippen molar-refractivity contribution < 1.29 is 22.7 Å². The van der Waals surface area contributed by atoms with Crippen molar-refractivity contribution in [2.45, 2.75) is 12.3 Å². The summed E-state index contributed by atoms with van der Waals surface area (Å²) in [6.45, 7) is 0. The average molecular weight is 461 g/mol. The highest BCUT2D eigenvalue weighted by molar-refractivity contribution is 7.21. The second-order valence-electron chi connectivity index (χ2n) is 6.84. The molecule has 1 aliphatic heterocycles. The van der Waals surface area contributed by atoms with Crippen molar-refractivity contribution >= 4 is 44.5 Å². The smallest absolute Gasteiger partial charge is 0.417 e. The van der Waals surface area contributed by atoms with Gasteiger partial charge in [-0.05, 0) is 35.2 Å².